The van der Waals surface area contributed by atoms with Gasteiger partial charge in [-0.25, -0.2) is 9.59 Å². The number of rotatable bonds is 9. The molecule has 2 fully saturated rings. The maximum Gasteiger partial charge on any atom is 0.490 e. The second-order valence-corrected chi connectivity index (χ2v) is 13.1. The lowest BCUT2D eigenvalue weighted by atomic mass is 9.90. The van der Waals surface area contributed by atoms with Crippen molar-refractivity contribution in [2.75, 3.05) is 39.3 Å². The number of likely N-dealkylation sites (tertiary alicyclic amines) is 2. The van der Waals surface area contributed by atoms with Gasteiger partial charge in [0.15, 0.2) is 0 Å². The predicted octanol–water partition coefficient (Wildman–Crippen LogP) is 6.64. The van der Waals surface area contributed by atoms with Crippen molar-refractivity contribution >= 4 is 18.0 Å². The first kappa shape index (κ1) is 36.9. The standard InChI is InChI=1S/C33H47N3O3.C2HF3O2/c1-33(2,3)39-32(38)35-23-17-30(18-24-35)31(37)36(26-29-13-8-5-9-14-29)20-10-19-34-21-15-28(16-22-34)25-27-11-6-4-7-12-27;3-2(4,5)1(6)7/h4-9,11-14,28,30H,10,15-26H2,1-3H3;(H,6,7). The van der Waals surface area contributed by atoms with Crippen LogP contribution in [0.25, 0.3) is 0 Å². The van der Waals surface area contributed by atoms with Crippen molar-refractivity contribution in [1.29, 1.82) is 0 Å². The van der Waals surface area contributed by atoms with Gasteiger partial charge in [-0.3, -0.25) is 4.79 Å². The Labute approximate surface area is 270 Å². The van der Waals surface area contributed by atoms with Crippen LogP contribution in [0, 0.1) is 11.8 Å². The first-order chi connectivity index (χ1) is 21.7. The van der Waals surface area contributed by atoms with Crippen molar-refractivity contribution in [3.63, 3.8) is 0 Å². The van der Waals surface area contributed by atoms with Crippen molar-refractivity contribution in [3.05, 3.63) is 71.8 Å². The maximum atomic E-state index is 13.7. The summed E-state index contributed by atoms with van der Waals surface area (Å²) < 4.78 is 37.3. The second-order valence-electron chi connectivity index (χ2n) is 13.1. The Morgan fingerprint density at radius 2 is 1.37 bits per heavy atom. The molecule has 2 aromatic carbocycles. The molecule has 2 heterocycles. The number of alkyl halides is 3. The van der Waals surface area contributed by atoms with Gasteiger partial charge in [0.2, 0.25) is 5.91 Å². The SMILES string of the molecule is CC(C)(C)OC(=O)N1CCC(C(=O)N(CCCN2CCC(Cc3ccccc3)CC2)Cc2ccccc2)CC1.O=C(O)C(F)(F)F. The van der Waals surface area contributed by atoms with E-state index in [4.69, 9.17) is 14.6 Å². The number of carbonyl (C=O) groups is 3. The van der Waals surface area contributed by atoms with Gasteiger partial charge in [0.05, 0.1) is 0 Å². The summed E-state index contributed by atoms with van der Waals surface area (Å²) in [6.07, 6.45) is 0.688. The molecule has 11 heteroatoms. The minimum atomic E-state index is -5.08. The minimum Gasteiger partial charge on any atom is -0.475 e. The minimum absolute atomic E-state index is 0.0406. The number of carboxylic acid groups (broad SMARTS) is 1. The summed E-state index contributed by atoms with van der Waals surface area (Å²) in [5, 5.41) is 7.12. The lowest BCUT2D eigenvalue weighted by Crippen LogP contribution is -2.46. The Kier molecular flexibility index (Phi) is 13.9. The molecule has 2 aliphatic rings. The van der Waals surface area contributed by atoms with Crippen molar-refractivity contribution in [2.24, 2.45) is 11.8 Å². The summed E-state index contributed by atoms with van der Waals surface area (Å²) >= 11 is 0. The fourth-order valence-electron chi connectivity index (χ4n) is 5.81. The number of hydrogen-bond acceptors (Lipinski definition) is 5. The molecule has 1 N–H and O–H groups in total. The molecule has 254 valence electrons. The van der Waals surface area contributed by atoms with Crippen LogP contribution in [0.3, 0.4) is 0 Å². The number of piperidine rings is 2. The molecule has 0 bridgehead atoms. The number of ether oxygens (including phenoxy) is 1. The first-order valence-electron chi connectivity index (χ1n) is 16.1. The highest BCUT2D eigenvalue weighted by Crippen LogP contribution is 2.24. The third-order valence-electron chi connectivity index (χ3n) is 8.24. The summed E-state index contributed by atoms with van der Waals surface area (Å²) in [7, 11) is 0. The van der Waals surface area contributed by atoms with Gasteiger partial charge in [-0.1, -0.05) is 60.7 Å². The normalized spacial score (nSPS) is 16.7. The number of hydrogen-bond donors (Lipinski definition) is 1. The quantitative estimate of drug-likeness (QED) is 0.328. The Bertz CT molecular complexity index is 1220. The van der Waals surface area contributed by atoms with Gasteiger partial charge in [0, 0.05) is 32.1 Å². The van der Waals surface area contributed by atoms with E-state index in [9.17, 15) is 22.8 Å². The molecule has 8 nitrogen and oxygen atoms in total. The molecule has 0 atom stereocenters. The van der Waals surface area contributed by atoms with Gasteiger partial charge in [-0.2, -0.15) is 13.2 Å². The lowest BCUT2D eigenvalue weighted by molar-refractivity contribution is -0.192. The van der Waals surface area contributed by atoms with E-state index in [-0.39, 0.29) is 17.9 Å². The zero-order valence-electron chi connectivity index (χ0n) is 27.2. The lowest BCUT2D eigenvalue weighted by Gasteiger charge is -2.36. The molecular weight excluding hydrogens is 599 g/mol. The van der Waals surface area contributed by atoms with Crippen molar-refractivity contribution in [3.8, 4) is 0 Å². The Morgan fingerprint density at radius 3 is 1.87 bits per heavy atom. The molecule has 2 saturated heterocycles. The molecular formula is C35H48F3N3O5. The molecule has 4 rings (SSSR count). The van der Waals surface area contributed by atoms with E-state index in [0.29, 0.717) is 32.5 Å². The predicted molar refractivity (Wildman–Crippen MR) is 170 cm³/mol. The van der Waals surface area contributed by atoms with Crippen LogP contribution in [0.5, 0.6) is 0 Å². The summed E-state index contributed by atoms with van der Waals surface area (Å²) in [5.41, 5.74) is 2.11. The van der Waals surface area contributed by atoms with Crippen LogP contribution in [0.2, 0.25) is 0 Å². The topological polar surface area (TPSA) is 90.4 Å². The summed E-state index contributed by atoms with van der Waals surface area (Å²) in [6, 6.07) is 21.1. The largest absolute Gasteiger partial charge is 0.490 e. The van der Waals surface area contributed by atoms with Crippen LogP contribution in [-0.4, -0.2) is 88.8 Å². The first-order valence-corrected chi connectivity index (χ1v) is 16.1. The molecule has 46 heavy (non-hydrogen) atoms. The van der Waals surface area contributed by atoms with Gasteiger partial charge in [-0.15, -0.1) is 0 Å². The van der Waals surface area contributed by atoms with Crippen LogP contribution in [0.1, 0.15) is 64.0 Å². The summed E-state index contributed by atoms with van der Waals surface area (Å²) in [5.74, 6) is -1.80. The Balaban J connectivity index is 0.000000738. The second kappa shape index (κ2) is 17.4. The van der Waals surface area contributed by atoms with E-state index in [2.05, 4.69) is 52.3 Å². The average Bonchev–Trinajstić information content (AvgIpc) is 3.01. The zero-order valence-corrected chi connectivity index (χ0v) is 27.2. The number of benzene rings is 2. The Hall–Kier alpha value is -3.60. The molecule has 0 unspecified atom stereocenters. The number of nitrogens with zero attached hydrogens (tertiary/aromatic N) is 3. The van der Waals surface area contributed by atoms with Gasteiger partial charge in [0.1, 0.15) is 5.60 Å². The number of halogens is 3. The van der Waals surface area contributed by atoms with Gasteiger partial charge < -0.3 is 24.5 Å². The van der Waals surface area contributed by atoms with E-state index in [1.165, 1.54) is 30.4 Å². The number of amides is 2. The highest BCUT2D eigenvalue weighted by Gasteiger charge is 2.38. The van der Waals surface area contributed by atoms with Crippen molar-refractivity contribution in [2.45, 2.75) is 77.6 Å². The molecule has 0 aromatic heterocycles. The van der Waals surface area contributed by atoms with E-state index in [1.54, 1.807) is 4.90 Å². The molecule has 0 saturated carbocycles. The summed E-state index contributed by atoms with van der Waals surface area (Å²) in [4.78, 5) is 41.4. The maximum absolute atomic E-state index is 13.7. The van der Waals surface area contributed by atoms with Crippen molar-refractivity contribution in [1.82, 2.24) is 14.7 Å². The highest BCUT2D eigenvalue weighted by atomic mass is 19.4. The number of aliphatic carboxylic acids is 1. The van der Waals surface area contributed by atoms with Crippen LogP contribution in [0.4, 0.5) is 18.0 Å². The number of carbonyl (C=O) groups excluding carboxylic acids is 2. The van der Waals surface area contributed by atoms with Gasteiger partial charge in [0.25, 0.3) is 0 Å². The molecule has 0 aliphatic carbocycles. The fraction of sp³-hybridized carbons (Fsp3) is 0.571. The third-order valence-corrected chi connectivity index (χ3v) is 8.24. The average molecular weight is 648 g/mol. The monoisotopic (exact) mass is 647 g/mol. The fourth-order valence-corrected chi connectivity index (χ4v) is 5.81. The molecule has 2 aliphatic heterocycles. The van der Waals surface area contributed by atoms with E-state index >= 15 is 0 Å². The van der Waals surface area contributed by atoms with E-state index in [0.717, 1.165) is 38.5 Å². The molecule has 0 spiro atoms. The van der Waals surface area contributed by atoms with Crippen molar-refractivity contribution < 1.29 is 37.4 Å². The zero-order chi connectivity index (χ0) is 33.7. The van der Waals surface area contributed by atoms with Crippen LogP contribution in [0.15, 0.2) is 60.7 Å². The molecule has 0 radical (unpaired) electrons. The van der Waals surface area contributed by atoms with Crippen LogP contribution in [-0.2, 0) is 27.3 Å². The molecule has 2 amide bonds. The highest BCUT2D eigenvalue weighted by molar-refractivity contribution is 5.79. The van der Waals surface area contributed by atoms with E-state index in [1.807, 2.05) is 39.0 Å². The number of carboxylic acids is 1. The van der Waals surface area contributed by atoms with Gasteiger partial charge >= 0.3 is 18.2 Å². The van der Waals surface area contributed by atoms with E-state index < -0.39 is 17.7 Å². The van der Waals surface area contributed by atoms with Crippen LogP contribution < -0.4 is 0 Å². The smallest absolute Gasteiger partial charge is 0.475 e. The molecule has 2 aromatic rings. The van der Waals surface area contributed by atoms with Gasteiger partial charge in [-0.05, 0) is 96.0 Å². The Morgan fingerprint density at radius 1 is 0.848 bits per heavy atom. The summed E-state index contributed by atoms with van der Waals surface area (Å²) in [6.45, 7) is 11.5. The third kappa shape index (κ3) is 13.0. The van der Waals surface area contributed by atoms with Crippen LogP contribution >= 0.6 is 0 Å².